The molecule has 1 fully saturated rings. The quantitative estimate of drug-likeness (QED) is 0.854. The van der Waals surface area contributed by atoms with Crippen LogP contribution < -0.4 is 5.73 Å². The van der Waals surface area contributed by atoms with Crippen LogP contribution in [0.5, 0.6) is 0 Å². The lowest BCUT2D eigenvalue weighted by Gasteiger charge is -2.38. The van der Waals surface area contributed by atoms with E-state index in [0.717, 1.165) is 12.1 Å². The van der Waals surface area contributed by atoms with Crippen LogP contribution in [0.15, 0.2) is 18.2 Å². The summed E-state index contributed by atoms with van der Waals surface area (Å²) in [6, 6.07) is 3.26. The second-order valence-corrected chi connectivity index (χ2v) is 4.31. The van der Waals surface area contributed by atoms with Crippen molar-refractivity contribution in [2.75, 3.05) is 19.6 Å². The first-order valence-corrected chi connectivity index (χ1v) is 5.52. The van der Waals surface area contributed by atoms with Gasteiger partial charge in [0.2, 0.25) is 5.91 Å². The normalized spacial score (nSPS) is 15.8. The molecule has 0 radical (unpaired) electrons. The number of hydrogen-bond acceptors (Lipinski definition) is 2. The first-order valence-electron chi connectivity index (χ1n) is 5.52. The number of amides is 1. The highest BCUT2D eigenvalue weighted by molar-refractivity contribution is 5.79. The zero-order valence-corrected chi connectivity index (χ0v) is 9.33. The number of rotatable bonds is 3. The van der Waals surface area contributed by atoms with Crippen molar-refractivity contribution in [2.24, 2.45) is 11.7 Å². The van der Waals surface area contributed by atoms with Gasteiger partial charge >= 0.3 is 0 Å². The average Bonchev–Trinajstić information content (AvgIpc) is 2.21. The predicted octanol–water partition coefficient (Wildman–Crippen LogP) is 0.924. The number of nitrogens with two attached hydrogens (primary N) is 1. The number of halogens is 2. The Balaban J connectivity index is 1.95. The molecule has 0 unspecified atom stereocenters. The van der Waals surface area contributed by atoms with E-state index in [1.165, 1.54) is 6.07 Å². The molecule has 0 atom stereocenters. The Morgan fingerprint density at radius 3 is 2.71 bits per heavy atom. The molecule has 2 rings (SSSR count). The highest BCUT2D eigenvalue weighted by atomic mass is 19.1. The van der Waals surface area contributed by atoms with Gasteiger partial charge in [-0.1, -0.05) is 6.07 Å². The summed E-state index contributed by atoms with van der Waals surface area (Å²) in [7, 11) is 0. The van der Waals surface area contributed by atoms with E-state index in [1.54, 1.807) is 4.90 Å². The molecule has 1 aliphatic rings. The Labute approximate surface area is 98.2 Å². The number of benzene rings is 1. The van der Waals surface area contributed by atoms with E-state index in [1.807, 2.05) is 0 Å². The molecule has 1 aromatic carbocycles. The van der Waals surface area contributed by atoms with Crippen LogP contribution in [0.1, 0.15) is 5.56 Å². The number of hydrogen-bond donors (Lipinski definition) is 1. The van der Waals surface area contributed by atoms with E-state index in [2.05, 4.69) is 0 Å². The Morgan fingerprint density at radius 1 is 1.41 bits per heavy atom. The molecule has 0 aliphatic carbocycles. The molecule has 5 heteroatoms. The topological polar surface area (TPSA) is 46.3 Å². The fourth-order valence-electron chi connectivity index (χ4n) is 1.86. The van der Waals surface area contributed by atoms with Crippen molar-refractivity contribution >= 4 is 5.91 Å². The van der Waals surface area contributed by atoms with Gasteiger partial charge < -0.3 is 10.6 Å². The minimum atomic E-state index is -0.672. The van der Waals surface area contributed by atoms with Crippen LogP contribution in [-0.4, -0.2) is 30.4 Å². The third-order valence-electron chi connectivity index (χ3n) is 3.00. The molecule has 0 spiro atoms. The van der Waals surface area contributed by atoms with E-state index >= 15 is 0 Å². The zero-order valence-electron chi connectivity index (χ0n) is 9.33. The van der Waals surface area contributed by atoms with Crippen molar-refractivity contribution in [3.8, 4) is 0 Å². The van der Waals surface area contributed by atoms with E-state index in [-0.39, 0.29) is 17.9 Å². The molecule has 1 aromatic rings. The van der Waals surface area contributed by atoms with Gasteiger partial charge in [0.05, 0.1) is 6.42 Å². The van der Waals surface area contributed by atoms with Gasteiger partial charge in [0.15, 0.2) is 0 Å². The van der Waals surface area contributed by atoms with Crippen LogP contribution in [0.4, 0.5) is 8.78 Å². The van der Waals surface area contributed by atoms with E-state index in [9.17, 15) is 13.6 Å². The molecule has 0 bridgehead atoms. The number of nitrogens with zero attached hydrogens (tertiary/aromatic N) is 1. The lowest BCUT2D eigenvalue weighted by Crippen LogP contribution is -2.53. The summed E-state index contributed by atoms with van der Waals surface area (Å²) in [5.41, 5.74) is 5.68. The fraction of sp³-hybridized carbons (Fsp3) is 0.417. The third-order valence-corrected chi connectivity index (χ3v) is 3.00. The summed E-state index contributed by atoms with van der Waals surface area (Å²) in [4.78, 5) is 13.4. The largest absolute Gasteiger partial charge is 0.342 e. The SMILES string of the molecule is NCC1CN(C(=O)Cc2ccc(F)cc2F)C1. The van der Waals surface area contributed by atoms with Gasteiger partial charge in [0.25, 0.3) is 0 Å². The maximum Gasteiger partial charge on any atom is 0.227 e. The van der Waals surface area contributed by atoms with Crippen LogP contribution in [-0.2, 0) is 11.2 Å². The maximum absolute atomic E-state index is 13.3. The van der Waals surface area contributed by atoms with Crippen molar-refractivity contribution in [3.63, 3.8) is 0 Å². The lowest BCUT2D eigenvalue weighted by atomic mass is 9.99. The van der Waals surface area contributed by atoms with Crippen molar-refractivity contribution in [1.82, 2.24) is 4.90 Å². The highest BCUT2D eigenvalue weighted by Gasteiger charge is 2.29. The summed E-state index contributed by atoms with van der Waals surface area (Å²) >= 11 is 0. The number of carbonyl (C=O) groups is 1. The van der Waals surface area contributed by atoms with Crippen molar-refractivity contribution in [1.29, 1.82) is 0 Å². The van der Waals surface area contributed by atoms with Gasteiger partial charge in [-0.05, 0) is 18.2 Å². The van der Waals surface area contributed by atoms with Gasteiger partial charge in [-0.3, -0.25) is 4.79 Å². The van der Waals surface area contributed by atoms with Crippen LogP contribution in [0.25, 0.3) is 0 Å². The van der Waals surface area contributed by atoms with Crippen molar-refractivity contribution in [2.45, 2.75) is 6.42 Å². The second-order valence-electron chi connectivity index (χ2n) is 4.31. The minimum Gasteiger partial charge on any atom is -0.342 e. The van der Waals surface area contributed by atoms with Gasteiger partial charge in [-0.2, -0.15) is 0 Å². The fourth-order valence-corrected chi connectivity index (χ4v) is 1.86. The summed E-state index contributed by atoms with van der Waals surface area (Å²) in [5.74, 6) is -1.09. The van der Waals surface area contributed by atoms with Gasteiger partial charge in [0, 0.05) is 25.1 Å². The lowest BCUT2D eigenvalue weighted by molar-refractivity contribution is -0.136. The first-order chi connectivity index (χ1) is 8.10. The molecule has 3 nitrogen and oxygen atoms in total. The average molecular weight is 240 g/mol. The second kappa shape index (κ2) is 4.79. The maximum atomic E-state index is 13.3. The van der Waals surface area contributed by atoms with Crippen LogP contribution >= 0.6 is 0 Å². The summed E-state index contributed by atoms with van der Waals surface area (Å²) < 4.78 is 26.0. The zero-order chi connectivity index (χ0) is 12.4. The molecule has 92 valence electrons. The standard InChI is InChI=1S/C12H14F2N2O/c13-10-2-1-9(11(14)4-10)3-12(17)16-6-8(5-15)7-16/h1-2,4,8H,3,5-7,15H2. The molecule has 1 aliphatic heterocycles. The predicted molar refractivity (Wildman–Crippen MR) is 59.2 cm³/mol. The van der Waals surface area contributed by atoms with Gasteiger partial charge in [0.1, 0.15) is 11.6 Å². The number of carbonyl (C=O) groups excluding carboxylic acids is 1. The van der Waals surface area contributed by atoms with Crippen LogP contribution in [0.3, 0.4) is 0 Å². The Kier molecular flexibility index (Phi) is 3.38. The molecule has 2 N–H and O–H groups in total. The monoisotopic (exact) mass is 240 g/mol. The van der Waals surface area contributed by atoms with Crippen LogP contribution in [0, 0.1) is 17.6 Å². The Hall–Kier alpha value is -1.49. The third kappa shape index (κ3) is 2.61. The summed E-state index contributed by atoms with van der Waals surface area (Å²) in [5, 5.41) is 0. The summed E-state index contributed by atoms with van der Waals surface area (Å²) in [6.07, 6.45) is -0.0244. The molecule has 1 saturated heterocycles. The van der Waals surface area contributed by atoms with E-state index in [4.69, 9.17) is 5.73 Å². The molecular formula is C12H14F2N2O. The molecule has 0 aromatic heterocycles. The molecule has 1 amide bonds. The van der Waals surface area contributed by atoms with Gasteiger partial charge in [-0.25, -0.2) is 8.78 Å². The molecule has 0 saturated carbocycles. The van der Waals surface area contributed by atoms with Crippen LogP contribution in [0.2, 0.25) is 0 Å². The number of likely N-dealkylation sites (tertiary alicyclic amines) is 1. The highest BCUT2D eigenvalue weighted by Crippen LogP contribution is 2.17. The molecular weight excluding hydrogens is 226 g/mol. The first kappa shape index (κ1) is 12.0. The Bertz CT molecular complexity index is 431. The van der Waals surface area contributed by atoms with Crippen molar-refractivity contribution in [3.05, 3.63) is 35.4 Å². The summed E-state index contributed by atoms with van der Waals surface area (Å²) in [6.45, 7) is 1.84. The smallest absolute Gasteiger partial charge is 0.227 e. The van der Waals surface area contributed by atoms with Crippen molar-refractivity contribution < 1.29 is 13.6 Å². The molecule has 17 heavy (non-hydrogen) atoms. The van der Waals surface area contributed by atoms with E-state index < -0.39 is 11.6 Å². The van der Waals surface area contributed by atoms with E-state index in [0.29, 0.717) is 25.6 Å². The van der Waals surface area contributed by atoms with Gasteiger partial charge in [-0.15, -0.1) is 0 Å². The minimum absolute atomic E-state index is 0.0244. The Morgan fingerprint density at radius 2 is 2.12 bits per heavy atom. The molecule has 1 heterocycles.